The summed E-state index contributed by atoms with van der Waals surface area (Å²) in [5, 5.41) is 13.2. The van der Waals surface area contributed by atoms with E-state index in [-0.39, 0.29) is 24.2 Å². The predicted molar refractivity (Wildman–Crippen MR) is 88.3 cm³/mol. The van der Waals surface area contributed by atoms with Gasteiger partial charge in [-0.2, -0.15) is 0 Å². The normalized spacial score (nSPS) is 13.4. The quantitative estimate of drug-likeness (QED) is 0.859. The van der Waals surface area contributed by atoms with Gasteiger partial charge in [0.05, 0.1) is 12.6 Å². The summed E-state index contributed by atoms with van der Waals surface area (Å²) >= 11 is 0. The van der Waals surface area contributed by atoms with Crippen LogP contribution in [0.15, 0.2) is 48.7 Å². The molecule has 0 aliphatic carbocycles. The van der Waals surface area contributed by atoms with Gasteiger partial charge in [-0.25, -0.2) is 4.98 Å². The van der Waals surface area contributed by atoms with E-state index in [4.69, 9.17) is 4.74 Å². The minimum atomic E-state index is -1.16. The van der Waals surface area contributed by atoms with E-state index in [1.807, 2.05) is 44.2 Å². The number of aromatic nitrogens is 1. The largest absolute Gasteiger partial charge is 0.489 e. The van der Waals surface area contributed by atoms with Crippen LogP contribution in [-0.2, 0) is 5.60 Å². The molecule has 1 atom stereocenters. The van der Waals surface area contributed by atoms with Crippen LogP contribution in [0.3, 0.4) is 0 Å². The standard InChI is InChI=1S/C18H22N2O3/c1-13(2)23-15-10-7-11-19-16(15)17(21)20-12-18(3,22)14-8-5-4-6-9-14/h4-11,13,22H,12H2,1-3H3,(H,20,21). The summed E-state index contributed by atoms with van der Waals surface area (Å²) in [6.07, 6.45) is 1.48. The van der Waals surface area contributed by atoms with Gasteiger partial charge in [0, 0.05) is 6.20 Å². The molecule has 0 radical (unpaired) electrons. The number of hydrogen-bond acceptors (Lipinski definition) is 4. The summed E-state index contributed by atoms with van der Waals surface area (Å²) in [4.78, 5) is 16.4. The lowest BCUT2D eigenvalue weighted by atomic mass is 9.96. The van der Waals surface area contributed by atoms with E-state index in [0.717, 1.165) is 5.56 Å². The van der Waals surface area contributed by atoms with Gasteiger partial charge in [0.25, 0.3) is 5.91 Å². The highest BCUT2D eigenvalue weighted by atomic mass is 16.5. The zero-order valence-corrected chi connectivity index (χ0v) is 13.6. The monoisotopic (exact) mass is 314 g/mol. The van der Waals surface area contributed by atoms with Gasteiger partial charge in [-0.1, -0.05) is 30.3 Å². The molecule has 0 bridgehead atoms. The molecule has 5 heteroatoms. The number of ether oxygens (including phenoxy) is 1. The molecule has 0 aliphatic rings. The number of amides is 1. The maximum absolute atomic E-state index is 12.4. The minimum Gasteiger partial charge on any atom is -0.489 e. The summed E-state index contributed by atoms with van der Waals surface area (Å²) in [7, 11) is 0. The van der Waals surface area contributed by atoms with Crippen molar-refractivity contribution >= 4 is 5.91 Å². The van der Waals surface area contributed by atoms with E-state index in [2.05, 4.69) is 10.3 Å². The molecule has 0 spiro atoms. The minimum absolute atomic E-state index is 0.0572. The molecular formula is C18H22N2O3. The third-order valence-corrected chi connectivity index (χ3v) is 3.34. The van der Waals surface area contributed by atoms with E-state index in [0.29, 0.717) is 5.75 Å². The molecule has 122 valence electrons. The van der Waals surface area contributed by atoms with E-state index >= 15 is 0 Å². The zero-order chi connectivity index (χ0) is 16.9. The van der Waals surface area contributed by atoms with Crippen LogP contribution in [0.4, 0.5) is 0 Å². The zero-order valence-electron chi connectivity index (χ0n) is 13.6. The molecule has 0 saturated carbocycles. The summed E-state index contributed by atoms with van der Waals surface area (Å²) in [6.45, 7) is 5.50. The summed E-state index contributed by atoms with van der Waals surface area (Å²) in [5.74, 6) is 0.0526. The van der Waals surface area contributed by atoms with Gasteiger partial charge in [0.15, 0.2) is 11.4 Å². The molecule has 0 aliphatic heterocycles. The molecule has 2 N–H and O–H groups in total. The van der Waals surface area contributed by atoms with Crippen molar-refractivity contribution in [2.24, 2.45) is 0 Å². The van der Waals surface area contributed by atoms with Crippen LogP contribution in [-0.4, -0.2) is 28.6 Å². The molecule has 0 fully saturated rings. The number of benzene rings is 1. The molecule has 1 heterocycles. The number of nitrogens with one attached hydrogen (secondary N) is 1. The van der Waals surface area contributed by atoms with Crippen molar-refractivity contribution in [3.05, 3.63) is 59.9 Å². The summed E-state index contributed by atoms with van der Waals surface area (Å²) < 4.78 is 5.60. The van der Waals surface area contributed by atoms with Crippen molar-refractivity contribution in [2.45, 2.75) is 32.5 Å². The van der Waals surface area contributed by atoms with Crippen LogP contribution >= 0.6 is 0 Å². The Morgan fingerprint density at radius 3 is 2.61 bits per heavy atom. The van der Waals surface area contributed by atoms with Gasteiger partial charge in [-0.3, -0.25) is 4.79 Å². The average Bonchev–Trinajstić information content (AvgIpc) is 2.53. The van der Waals surface area contributed by atoms with E-state index < -0.39 is 5.60 Å². The van der Waals surface area contributed by atoms with Gasteiger partial charge in [-0.15, -0.1) is 0 Å². The molecular weight excluding hydrogens is 292 g/mol. The molecule has 1 amide bonds. The SMILES string of the molecule is CC(C)Oc1cccnc1C(=O)NCC(C)(O)c1ccccc1. The second kappa shape index (κ2) is 7.24. The van der Waals surface area contributed by atoms with Crippen molar-refractivity contribution in [3.8, 4) is 5.75 Å². The first kappa shape index (κ1) is 17.0. The fourth-order valence-electron chi connectivity index (χ4n) is 2.15. The Kier molecular flexibility index (Phi) is 5.34. The average molecular weight is 314 g/mol. The lowest BCUT2D eigenvalue weighted by Crippen LogP contribution is -2.39. The topological polar surface area (TPSA) is 71.5 Å². The Morgan fingerprint density at radius 1 is 1.26 bits per heavy atom. The van der Waals surface area contributed by atoms with Gasteiger partial charge >= 0.3 is 0 Å². The first-order chi connectivity index (χ1) is 10.9. The van der Waals surface area contributed by atoms with Gasteiger partial charge < -0.3 is 15.2 Å². The van der Waals surface area contributed by atoms with Crippen LogP contribution in [0.5, 0.6) is 5.75 Å². The second-order valence-corrected chi connectivity index (χ2v) is 5.84. The summed E-state index contributed by atoms with van der Waals surface area (Å²) in [6, 6.07) is 12.6. The highest BCUT2D eigenvalue weighted by molar-refractivity contribution is 5.94. The van der Waals surface area contributed by atoms with Crippen LogP contribution in [0.2, 0.25) is 0 Å². The number of aliphatic hydroxyl groups is 1. The van der Waals surface area contributed by atoms with Gasteiger partial charge in [0.1, 0.15) is 5.60 Å². The van der Waals surface area contributed by atoms with Crippen molar-refractivity contribution in [1.29, 1.82) is 0 Å². The Morgan fingerprint density at radius 2 is 1.96 bits per heavy atom. The molecule has 2 rings (SSSR count). The lowest BCUT2D eigenvalue weighted by molar-refractivity contribution is 0.0523. The second-order valence-electron chi connectivity index (χ2n) is 5.84. The molecule has 1 aromatic heterocycles. The van der Waals surface area contributed by atoms with Crippen LogP contribution in [0.25, 0.3) is 0 Å². The molecule has 1 unspecified atom stereocenters. The van der Waals surface area contributed by atoms with E-state index in [9.17, 15) is 9.90 Å². The van der Waals surface area contributed by atoms with Crippen LogP contribution in [0.1, 0.15) is 36.8 Å². The summed E-state index contributed by atoms with van der Waals surface area (Å²) in [5.41, 5.74) is -0.213. The molecule has 5 nitrogen and oxygen atoms in total. The van der Waals surface area contributed by atoms with Crippen molar-refractivity contribution in [3.63, 3.8) is 0 Å². The van der Waals surface area contributed by atoms with Crippen LogP contribution < -0.4 is 10.1 Å². The first-order valence-electron chi connectivity index (χ1n) is 7.58. The highest BCUT2D eigenvalue weighted by Crippen LogP contribution is 2.20. The number of hydrogen-bond donors (Lipinski definition) is 2. The Balaban J connectivity index is 2.08. The number of carbonyl (C=O) groups is 1. The fraction of sp³-hybridized carbons (Fsp3) is 0.333. The predicted octanol–water partition coefficient (Wildman–Crippen LogP) is 2.51. The van der Waals surface area contributed by atoms with Gasteiger partial charge in [-0.05, 0) is 38.5 Å². The molecule has 1 aromatic carbocycles. The lowest BCUT2D eigenvalue weighted by Gasteiger charge is -2.24. The number of rotatable bonds is 6. The first-order valence-corrected chi connectivity index (χ1v) is 7.58. The van der Waals surface area contributed by atoms with Crippen molar-refractivity contribution in [2.75, 3.05) is 6.54 Å². The number of pyridine rings is 1. The Hall–Kier alpha value is -2.40. The van der Waals surface area contributed by atoms with Crippen LogP contribution in [0, 0.1) is 0 Å². The van der Waals surface area contributed by atoms with Gasteiger partial charge in [0.2, 0.25) is 0 Å². The van der Waals surface area contributed by atoms with Crippen molar-refractivity contribution < 1.29 is 14.6 Å². The Bertz CT molecular complexity index is 654. The molecule has 23 heavy (non-hydrogen) atoms. The third-order valence-electron chi connectivity index (χ3n) is 3.34. The maximum atomic E-state index is 12.4. The highest BCUT2D eigenvalue weighted by Gasteiger charge is 2.25. The number of carbonyl (C=O) groups excluding carboxylic acids is 1. The number of nitrogens with zero attached hydrogens (tertiary/aromatic N) is 1. The molecule has 0 saturated heterocycles. The Labute approximate surface area is 136 Å². The fourth-order valence-corrected chi connectivity index (χ4v) is 2.15. The van der Waals surface area contributed by atoms with Crippen molar-refractivity contribution in [1.82, 2.24) is 10.3 Å². The van der Waals surface area contributed by atoms with E-state index in [1.54, 1.807) is 19.1 Å². The smallest absolute Gasteiger partial charge is 0.273 e. The van der Waals surface area contributed by atoms with E-state index in [1.165, 1.54) is 6.20 Å². The third kappa shape index (κ3) is 4.53. The molecule has 2 aromatic rings. The maximum Gasteiger partial charge on any atom is 0.273 e.